The summed E-state index contributed by atoms with van der Waals surface area (Å²) in [5.74, 6) is 0. The Morgan fingerprint density at radius 1 is 0.842 bits per heavy atom. The third kappa shape index (κ3) is 3.60. The normalized spacial score (nSPS) is 16.3. The Balaban J connectivity index is 3.51. The highest BCUT2D eigenvalue weighted by Crippen LogP contribution is 2.38. The van der Waals surface area contributed by atoms with Crippen LogP contribution in [0.3, 0.4) is 0 Å². The predicted octanol–water partition coefficient (Wildman–Crippen LogP) is 2.92. The van der Waals surface area contributed by atoms with E-state index < -0.39 is 41.3 Å². The maximum atomic E-state index is 12.5. The van der Waals surface area contributed by atoms with E-state index in [4.69, 9.17) is 5.11 Å². The van der Waals surface area contributed by atoms with Gasteiger partial charge in [0.1, 0.15) is 5.60 Å². The molecule has 0 fully saturated rings. The molecule has 1 unspecified atom stereocenters. The van der Waals surface area contributed by atoms with Crippen LogP contribution in [0.15, 0.2) is 18.2 Å². The van der Waals surface area contributed by atoms with Crippen molar-refractivity contribution in [1.29, 1.82) is 0 Å². The number of benzene rings is 1. The van der Waals surface area contributed by atoms with Gasteiger partial charge in [-0.15, -0.1) is 0 Å². The van der Waals surface area contributed by atoms with Crippen molar-refractivity contribution in [3.05, 3.63) is 34.9 Å². The lowest BCUT2D eigenvalue weighted by molar-refractivity contribution is -0.143. The molecule has 0 saturated carbocycles. The molecule has 0 amide bonds. The summed E-state index contributed by atoms with van der Waals surface area (Å²) >= 11 is 0. The molecular formula is C11H10F6O2. The Labute approximate surface area is 104 Å². The Hall–Kier alpha value is -1.28. The van der Waals surface area contributed by atoms with Gasteiger partial charge in [0.2, 0.25) is 0 Å². The van der Waals surface area contributed by atoms with E-state index in [0.29, 0.717) is 12.1 Å². The number of alkyl halides is 6. The molecule has 19 heavy (non-hydrogen) atoms. The van der Waals surface area contributed by atoms with E-state index in [1.54, 1.807) is 0 Å². The molecule has 1 atom stereocenters. The van der Waals surface area contributed by atoms with Gasteiger partial charge in [0.25, 0.3) is 0 Å². The molecule has 0 saturated heterocycles. The summed E-state index contributed by atoms with van der Waals surface area (Å²) in [6.07, 6.45) is -9.97. The molecule has 0 aliphatic carbocycles. The van der Waals surface area contributed by atoms with E-state index in [9.17, 15) is 31.4 Å². The van der Waals surface area contributed by atoms with Gasteiger partial charge in [0.05, 0.1) is 17.7 Å². The Morgan fingerprint density at radius 2 is 1.16 bits per heavy atom. The number of aliphatic hydroxyl groups is 2. The fraction of sp³-hybridized carbons (Fsp3) is 0.455. The van der Waals surface area contributed by atoms with Crippen LogP contribution < -0.4 is 0 Å². The molecule has 1 aromatic carbocycles. The second-order valence-electron chi connectivity index (χ2n) is 4.23. The third-order valence-electron chi connectivity index (χ3n) is 2.52. The fourth-order valence-corrected chi connectivity index (χ4v) is 1.36. The second kappa shape index (κ2) is 4.68. The minimum absolute atomic E-state index is 0.0447. The van der Waals surface area contributed by atoms with Crippen LogP contribution in [-0.2, 0) is 18.0 Å². The smallest absolute Gasteiger partial charge is 0.393 e. The minimum Gasteiger partial charge on any atom is -0.393 e. The summed E-state index contributed by atoms with van der Waals surface area (Å²) in [7, 11) is 0. The highest BCUT2D eigenvalue weighted by molar-refractivity contribution is 5.36. The molecule has 0 bridgehead atoms. The molecule has 1 aromatic rings. The van der Waals surface area contributed by atoms with Crippen molar-refractivity contribution < 1.29 is 36.6 Å². The fourth-order valence-electron chi connectivity index (χ4n) is 1.36. The van der Waals surface area contributed by atoms with E-state index in [2.05, 4.69) is 0 Å². The molecular weight excluding hydrogens is 278 g/mol. The first-order valence-electron chi connectivity index (χ1n) is 5.01. The SMILES string of the molecule is CC(O)(CO)c1cc(C(F)(F)F)cc(C(F)(F)F)c1. The van der Waals surface area contributed by atoms with Crippen molar-refractivity contribution in [2.45, 2.75) is 24.9 Å². The van der Waals surface area contributed by atoms with E-state index in [1.165, 1.54) is 0 Å². The minimum atomic E-state index is -4.98. The zero-order chi connectivity index (χ0) is 15.1. The quantitative estimate of drug-likeness (QED) is 0.821. The molecule has 2 N–H and O–H groups in total. The average Bonchev–Trinajstić information content (AvgIpc) is 2.26. The maximum absolute atomic E-state index is 12.5. The Kier molecular flexibility index (Phi) is 3.88. The predicted molar refractivity (Wildman–Crippen MR) is 53.1 cm³/mol. The molecule has 108 valence electrons. The first-order valence-corrected chi connectivity index (χ1v) is 5.01. The molecule has 0 spiro atoms. The summed E-state index contributed by atoms with van der Waals surface area (Å²) in [6, 6.07) is 0.716. The van der Waals surface area contributed by atoms with Crippen molar-refractivity contribution in [1.82, 2.24) is 0 Å². The zero-order valence-corrected chi connectivity index (χ0v) is 9.60. The van der Waals surface area contributed by atoms with Gasteiger partial charge in [0.15, 0.2) is 0 Å². The van der Waals surface area contributed by atoms with Gasteiger partial charge >= 0.3 is 12.4 Å². The third-order valence-corrected chi connectivity index (χ3v) is 2.52. The maximum Gasteiger partial charge on any atom is 0.416 e. The molecule has 0 aliphatic rings. The summed E-state index contributed by atoms with van der Waals surface area (Å²) in [5, 5.41) is 18.4. The van der Waals surface area contributed by atoms with Crippen LogP contribution >= 0.6 is 0 Å². The molecule has 0 aromatic heterocycles. The van der Waals surface area contributed by atoms with E-state index in [-0.39, 0.29) is 6.07 Å². The van der Waals surface area contributed by atoms with Crippen LogP contribution in [-0.4, -0.2) is 16.8 Å². The van der Waals surface area contributed by atoms with Crippen molar-refractivity contribution in [2.24, 2.45) is 0 Å². The van der Waals surface area contributed by atoms with Gasteiger partial charge in [-0.3, -0.25) is 0 Å². The molecule has 1 rings (SSSR count). The van der Waals surface area contributed by atoms with E-state index in [0.717, 1.165) is 6.92 Å². The Morgan fingerprint density at radius 3 is 1.42 bits per heavy atom. The number of hydrogen-bond donors (Lipinski definition) is 2. The Bertz CT molecular complexity index is 429. The summed E-state index contributed by atoms with van der Waals surface area (Å²) in [5.41, 5.74) is -5.92. The van der Waals surface area contributed by atoms with Crippen LogP contribution in [0.4, 0.5) is 26.3 Å². The zero-order valence-electron chi connectivity index (χ0n) is 9.60. The van der Waals surface area contributed by atoms with Gasteiger partial charge in [-0.05, 0) is 30.7 Å². The number of hydrogen-bond acceptors (Lipinski definition) is 2. The van der Waals surface area contributed by atoms with Gasteiger partial charge in [-0.25, -0.2) is 0 Å². The summed E-state index contributed by atoms with van der Waals surface area (Å²) < 4.78 is 75.1. The van der Waals surface area contributed by atoms with E-state index >= 15 is 0 Å². The molecule has 0 heterocycles. The van der Waals surface area contributed by atoms with Crippen molar-refractivity contribution in [2.75, 3.05) is 6.61 Å². The highest BCUT2D eigenvalue weighted by atomic mass is 19.4. The van der Waals surface area contributed by atoms with Crippen LogP contribution in [0, 0.1) is 0 Å². The summed E-state index contributed by atoms with van der Waals surface area (Å²) in [4.78, 5) is 0. The lowest BCUT2D eigenvalue weighted by Crippen LogP contribution is -2.27. The van der Waals surface area contributed by atoms with Crippen LogP contribution in [0.25, 0.3) is 0 Å². The molecule has 2 nitrogen and oxygen atoms in total. The van der Waals surface area contributed by atoms with Crippen molar-refractivity contribution in [3.63, 3.8) is 0 Å². The second-order valence-corrected chi connectivity index (χ2v) is 4.23. The van der Waals surface area contributed by atoms with Gasteiger partial charge < -0.3 is 10.2 Å². The largest absolute Gasteiger partial charge is 0.416 e. The van der Waals surface area contributed by atoms with Crippen LogP contribution in [0.5, 0.6) is 0 Å². The molecule has 0 aliphatic heterocycles. The van der Waals surface area contributed by atoms with Gasteiger partial charge in [-0.1, -0.05) is 0 Å². The molecule has 0 radical (unpaired) electrons. The lowest BCUT2D eigenvalue weighted by atomic mass is 9.93. The monoisotopic (exact) mass is 288 g/mol. The van der Waals surface area contributed by atoms with Crippen molar-refractivity contribution >= 4 is 0 Å². The van der Waals surface area contributed by atoms with Crippen molar-refractivity contribution in [3.8, 4) is 0 Å². The standard InChI is InChI=1S/C11H10F6O2/c1-9(19,5-18)6-2-7(10(12,13)14)4-8(3-6)11(15,16)17/h2-4,18-19H,5H2,1H3. The van der Waals surface area contributed by atoms with Crippen LogP contribution in [0.1, 0.15) is 23.6 Å². The number of rotatable bonds is 2. The topological polar surface area (TPSA) is 40.5 Å². The number of halogens is 6. The van der Waals surface area contributed by atoms with E-state index in [1.807, 2.05) is 0 Å². The van der Waals surface area contributed by atoms with Gasteiger partial charge in [-0.2, -0.15) is 26.3 Å². The average molecular weight is 288 g/mol. The van der Waals surface area contributed by atoms with Gasteiger partial charge in [0, 0.05) is 0 Å². The number of aliphatic hydroxyl groups excluding tert-OH is 1. The molecule has 8 heteroatoms. The van der Waals surface area contributed by atoms with Crippen LogP contribution in [0.2, 0.25) is 0 Å². The lowest BCUT2D eigenvalue weighted by Gasteiger charge is -2.23. The summed E-state index contributed by atoms with van der Waals surface area (Å²) in [6.45, 7) is -0.0890. The highest BCUT2D eigenvalue weighted by Gasteiger charge is 2.38. The first kappa shape index (κ1) is 15.8. The first-order chi connectivity index (χ1) is 8.38.